The summed E-state index contributed by atoms with van der Waals surface area (Å²) in [6, 6.07) is 12.9. The molecule has 6 nitrogen and oxygen atoms in total. The first-order valence-corrected chi connectivity index (χ1v) is 10.2. The lowest BCUT2D eigenvalue weighted by Gasteiger charge is -2.32. The monoisotopic (exact) mass is 444 g/mol. The molecule has 1 N–H and O–H groups in total. The molecular formula is C22H19ClF2N4O2. The van der Waals surface area contributed by atoms with Crippen molar-refractivity contribution >= 4 is 29.0 Å². The standard InChI is InChI=1S/C22H19ClF2N4O2/c23-15-2-1-3-17(12-15)29-21(30)7-6-20(27-29)28-10-8-14(9-11-28)22(31)26-19-13-16(24)4-5-18(19)25/h1-7,12-14H,8-11H2,(H,26,31). The molecule has 0 bridgehead atoms. The Morgan fingerprint density at radius 1 is 1.06 bits per heavy atom. The van der Waals surface area contributed by atoms with Gasteiger partial charge in [0.05, 0.1) is 11.4 Å². The van der Waals surface area contributed by atoms with Crippen molar-refractivity contribution in [3.63, 3.8) is 0 Å². The first-order valence-electron chi connectivity index (χ1n) is 9.78. The van der Waals surface area contributed by atoms with Gasteiger partial charge in [-0.2, -0.15) is 4.68 Å². The van der Waals surface area contributed by atoms with Crippen molar-refractivity contribution in [2.24, 2.45) is 5.92 Å². The Balaban J connectivity index is 1.44. The zero-order valence-corrected chi connectivity index (χ0v) is 17.1. The molecule has 1 fully saturated rings. The highest BCUT2D eigenvalue weighted by atomic mass is 35.5. The average Bonchev–Trinajstić information content (AvgIpc) is 2.77. The van der Waals surface area contributed by atoms with Gasteiger partial charge < -0.3 is 10.2 Å². The van der Waals surface area contributed by atoms with E-state index in [-0.39, 0.29) is 23.1 Å². The molecule has 0 saturated carbocycles. The summed E-state index contributed by atoms with van der Waals surface area (Å²) in [4.78, 5) is 26.7. The number of halogens is 3. The molecule has 31 heavy (non-hydrogen) atoms. The topological polar surface area (TPSA) is 67.2 Å². The smallest absolute Gasteiger partial charge is 0.271 e. The van der Waals surface area contributed by atoms with Gasteiger partial charge in [-0.05, 0) is 49.2 Å². The summed E-state index contributed by atoms with van der Waals surface area (Å²) < 4.78 is 28.4. The summed E-state index contributed by atoms with van der Waals surface area (Å²) >= 11 is 6.02. The average molecular weight is 445 g/mol. The van der Waals surface area contributed by atoms with E-state index in [9.17, 15) is 18.4 Å². The molecule has 0 spiro atoms. The molecule has 2 aromatic carbocycles. The van der Waals surface area contributed by atoms with Gasteiger partial charge in [0.1, 0.15) is 17.5 Å². The lowest BCUT2D eigenvalue weighted by Crippen LogP contribution is -2.39. The van der Waals surface area contributed by atoms with Crippen molar-refractivity contribution in [3.8, 4) is 5.69 Å². The largest absolute Gasteiger partial charge is 0.355 e. The second-order valence-corrected chi connectivity index (χ2v) is 7.73. The van der Waals surface area contributed by atoms with Gasteiger partial charge in [-0.25, -0.2) is 8.78 Å². The van der Waals surface area contributed by atoms with Crippen LogP contribution in [0.1, 0.15) is 12.8 Å². The number of benzene rings is 2. The number of nitrogens with one attached hydrogen (secondary N) is 1. The van der Waals surface area contributed by atoms with Gasteiger partial charge in [0.2, 0.25) is 5.91 Å². The predicted octanol–water partition coefficient (Wildman–Crippen LogP) is 4.02. The highest BCUT2D eigenvalue weighted by Crippen LogP contribution is 2.24. The van der Waals surface area contributed by atoms with Crippen LogP contribution in [0.2, 0.25) is 5.02 Å². The molecule has 0 aliphatic carbocycles. The Morgan fingerprint density at radius 2 is 1.84 bits per heavy atom. The van der Waals surface area contributed by atoms with E-state index in [0.29, 0.717) is 42.5 Å². The molecule has 1 amide bonds. The van der Waals surface area contributed by atoms with Crippen LogP contribution < -0.4 is 15.8 Å². The molecule has 1 aromatic heterocycles. The second kappa shape index (κ2) is 8.85. The fourth-order valence-electron chi connectivity index (χ4n) is 3.56. The fraction of sp³-hybridized carbons (Fsp3) is 0.227. The number of carbonyl (C=O) groups is 1. The third-order valence-corrected chi connectivity index (χ3v) is 5.45. The first-order chi connectivity index (χ1) is 14.9. The number of hydrogen-bond acceptors (Lipinski definition) is 4. The number of nitrogens with zero attached hydrogens (tertiary/aromatic N) is 3. The Morgan fingerprint density at radius 3 is 2.58 bits per heavy atom. The summed E-state index contributed by atoms with van der Waals surface area (Å²) in [6.45, 7) is 1.06. The van der Waals surface area contributed by atoms with Crippen LogP contribution in [0.5, 0.6) is 0 Å². The number of amides is 1. The van der Waals surface area contributed by atoms with Gasteiger partial charge in [0.25, 0.3) is 5.56 Å². The van der Waals surface area contributed by atoms with Crippen LogP contribution in [-0.4, -0.2) is 28.8 Å². The number of piperidine rings is 1. The summed E-state index contributed by atoms with van der Waals surface area (Å²) in [5.41, 5.74) is 0.117. The Bertz CT molecular complexity index is 1180. The van der Waals surface area contributed by atoms with E-state index < -0.39 is 11.6 Å². The summed E-state index contributed by atoms with van der Waals surface area (Å²) in [5.74, 6) is -1.37. The third kappa shape index (κ3) is 4.74. The Kier molecular flexibility index (Phi) is 5.99. The van der Waals surface area contributed by atoms with E-state index >= 15 is 0 Å². The SMILES string of the molecule is O=C(Nc1cc(F)ccc1F)C1CCN(c2ccc(=O)n(-c3cccc(Cl)c3)n2)CC1. The number of rotatable bonds is 4. The molecule has 2 heterocycles. The highest BCUT2D eigenvalue weighted by molar-refractivity contribution is 6.30. The van der Waals surface area contributed by atoms with E-state index in [1.807, 2.05) is 4.90 Å². The van der Waals surface area contributed by atoms with E-state index in [4.69, 9.17) is 11.6 Å². The third-order valence-electron chi connectivity index (χ3n) is 5.21. The molecule has 160 valence electrons. The minimum absolute atomic E-state index is 0.164. The quantitative estimate of drug-likeness (QED) is 0.660. The summed E-state index contributed by atoms with van der Waals surface area (Å²) in [7, 11) is 0. The van der Waals surface area contributed by atoms with Crippen LogP contribution in [0.15, 0.2) is 59.4 Å². The van der Waals surface area contributed by atoms with Crippen LogP contribution in [0.3, 0.4) is 0 Å². The molecule has 0 unspecified atom stereocenters. The maximum absolute atomic E-state index is 13.8. The maximum Gasteiger partial charge on any atom is 0.271 e. The lowest BCUT2D eigenvalue weighted by molar-refractivity contribution is -0.120. The minimum atomic E-state index is -0.681. The van der Waals surface area contributed by atoms with Crippen LogP contribution in [0, 0.1) is 17.6 Å². The van der Waals surface area contributed by atoms with Gasteiger partial charge in [0.15, 0.2) is 0 Å². The number of carbonyl (C=O) groups excluding carboxylic acids is 1. The van der Waals surface area contributed by atoms with E-state index in [1.165, 1.54) is 10.7 Å². The number of anilines is 2. The van der Waals surface area contributed by atoms with Crippen LogP contribution in [-0.2, 0) is 4.79 Å². The second-order valence-electron chi connectivity index (χ2n) is 7.30. The number of hydrogen-bond donors (Lipinski definition) is 1. The van der Waals surface area contributed by atoms with Crippen LogP contribution in [0.25, 0.3) is 5.69 Å². The van der Waals surface area contributed by atoms with Crippen LogP contribution in [0.4, 0.5) is 20.3 Å². The van der Waals surface area contributed by atoms with Gasteiger partial charge in [0, 0.05) is 36.2 Å². The van der Waals surface area contributed by atoms with Crippen molar-refractivity contribution in [2.45, 2.75) is 12.8 Å². The van der Waals surface area contributed by atoms with Gasteiger partial charge in [-0.15, -0.1) is 5.10 Å². The van der Waals surface area contributed by atoms with Gasteiger partial charge in [-0.3, -0.25) is 9.59 Å². The molecule has 1 aliphatic heterocycles. The van der Waals surface area contributed by atoms with E-state index in [0.717, 1.165) is 18.2 Å². The molecule has 0 radical (unpaired) electrons. The molecule has 0 atom stereocenters. The van der Waals surface area contributed by atoms with E-state index in [2.05, 4.69) is 10.4 Å². The van der Waals surface area contributed by atoms with Crippen molar-refractivity contribution in [2.75, 3.05) is 23.3 Å². The molecule has 3 aromatic rings. The Labute approximate surface area is 182 Å². The summed E-state index contributed by atoms with van der Waals surface area (Å²) in [6.07, 6.45) is 1.03. The van der Waals surface area contributed by atoms with Gasteiger partial charge >= 0.3 is 0 Å². The lowest BCUT2D eigenvalue weighted by atomic mass is 9.96. The predicted molar refractivity (Wildman–Crippen MR) is 115 cm³/mol. The highest BCUT2D eigenvalue weighted by Gasteiger charge is 2.26. The first kappa shape index (κ1) is 21.0. The van der Waals surface area contributed by atoms with Crippen molar-refractivity contribution in [3.05, 3.63) is 81.6 Å². The molecular weight excluding hydrogens is 426 g/mol. The zero-order valence-electron chi connectivity index (χ0n) is 16.4. The normalized spacial score (nSPS) is 14.5. The maximum atomic E-state index is 13.8. The van der Waals surface area contributed by atoms with Crippen molar-refractivity contribution < 1.29 is 13.6 Å². The van der Waals surface area contributed by atoms with Crippen LogP contribution >= 0.6 is 11.6 Å². The fourth-order valence-corrected chi connectivity index (χ4v) is 3.75. The van der Waals surface area contributed by atoms with Crippen molar-refractivity contribution in [1.82, 2.24) is 9.78 Å². The summed E-state index contributed by atoms with van der Waals surface area (Å²) in [5, 5.41) is 7.42. The molecule has 4 rings (SSSR count). The molecule has 9 heteroatoms. The number of aromatic nitrogens is 2. The minimum Gasteiger partial charge on any atom is -0.355 e. The van der Waals surface area contributed by atoms with E-state index in [1.54, 1.807) is 30.3 Å². The molecule has 1 saturated heterocycles. The zero-order chi connectivity index (χ0) is 22.0. The molecule has 1 aliphatic rings. The Hall–Kier alpha value is -3.26. The van der Waals surface area contributed by atoms with Crippen molar-refractivity contribution in [1.29, 1.82) is 0 Å². The van der Waals surface area contributed by atoms with Gasteiger partial charge in [-0.1, -0.05) is 17.7 Å².